The summed E-state index contributed by atoms with van der Waals surface area (Å²) in [6, 6.07) is 16.0. The Bertz CT molecular complexity index is 610. The smallest absolute Gasteiger partial charge is 0.309 e. The lowest BCUT2D eigenvalue weighted by molar-refractivity contribution is -0.140. The van der Waals surface area contributed by atoms with Gasteiger partial charge in [0.2, 0.25) is 0 Å². The van der Waals surface area contributed by atoms with Crippen LogP contribution < -0.4 is 0 Å². The standard InChI is InChI=1S/C20H22O4/c1-23-19(21)13-17-9-5-15(6-10-17)3-4-16-7-11-18(12-8-16)14-20(22)24-2/h5-12H,3-4,13-14H2,1-2H3. The van der Waals surface area contributed by atoms with E-state index in [1.807, 2.05) is 48.5 Å². The molecule has 0 heterocycles. The monoisotopic (exact) mass is 326 g/mol. The van der Waals surface area contributed by atoms with E-state index in [-0.39, 0.29) is 11.9 Å². The van der Waals surface area contributed by atoms with Gasteiger partial charge in [-0.25, -0.2) is 0 Å². The number of methoxy groups -OCH3 is 2. The number of benzene rings is 2. The van der Waals surface area contributed by atoms with E-state index in [0.29, 0.717) is 12.8 Å². The van der Waals surface area contributed by atoms with Gasteiger partial charge < -0.3 is 9.47 Å². The third-order valence-corrected chi connectivity index (χ3v) is 3.90. The average Bonchev–Trinajstić information content (AvgIpc) is 2.62. The van der Waals surface area contributed by atoms with Crippen LogP contribution in [0.1, 0.15) is 22.3 Å². The zero-order valence-corrected chi connectivity index (χ0v) is 14.1. The van der Waals surface area contributed by atoms with Gasteiger partial charge in [0.15, 0.2) is 0 Å². The fraction of sp³-hybridized carbons (Fsp3) is 0.300. The number of carbonyl (C=O) groups is 2. The summed E-state index contributed by atoms with van der Waals surface area (Å²) in [6.07, 6.45) is 2.46. The molecule has 4 heteroatoms. The maximum Gasteiger partial charge on any atom is 0.309 e. The van der Waals surface area contributed by atoms with Crippen LogP contribution in [0.5, 0.6) is 0 Å². The van der Waals surface area contributed by atoms with Gasteiger partial charge in [-0.15, -0.1) is 0 Å². The van der Waals surface area contributed by atoms with Crippen molar-refractivity contribution in [2.75, 3.05) is 14.2 Å². The van der Waals surface area contributed by atoms with Crippen molar-refractivity contribution in [3.8, 4) is 0 Å². The van der Waals surface area contributed by atoms with Gasteiger partial charge in [0.05, 0.1) is 27.1 Å². The number of ether oxygens (including phenoxy) is 2. The Morgan fingerprint density at radius 1 is 0.625 bits per heavy atom. The molecule has 0 spiro atoms. The average molecular weight is 326 g/mol. The Morgan fingerprint density at radius 2 is 0.917 bits per heavy atom. The van der Waals surface area contributed by atoms with Crippen LogP contribution in [0.3, 0.4) is 0 Å². The van der Waals surface area contributed by atoms with Gasteiger partial charge in [-0.2, -0.15) is 0 Å². The molecule has 2 rings (SSSR count). The van der Waals surface area contributed by atoms with Crippen LogP contribution in [0.15, 0.2) is 48.5 Å². The summed E-state index contributed by atoms with van der Waals surface area (Å²) >= 11 is 0. The molecule has 0 fully saturated rings. The summed E-state index contributed by atoms with van der Waals surface area (Å²) in [5.41, 5.74) is 4.36. The van der Waals surface area contributed by atoms with Crippen LogP contribution in [0.25, 0.3) is 0 Å². The highest BCUT2D eigenvalue weighted by molar-refractivity contribution is 5.72. The van der Waals surface area contributed by atoms with Crippen molar-refractivity contribution >= 4 is 11.9 Å². The largest absolute Gasteiger partial charge is 0.469 e. The number of hydrogen-bond donors (Lipinski definition) is 0. The molecule has 0 saturated carbocycles. The molecule has 0 aliphatic rings. The van der Waals surface area contributed by atoms with E-state index in [9.17, 15) is 9.59 Å². The zero-order valence-electron chi connectivity index (χ0n) is 14.1. The Balaban J connectivity index is 1.86. The first-order valence-electron chi connectivity index (χ1n) is 7.90. The Hall–Kier alpha value is -2.62. The minimum Gasteiger partial charge on any atom is -0.469 e. The number of rotatable bonds is 7. The Kier molecular flexibility index (Phi) is 6.55. The molecule has 24 heavy (non-hydrogen) atoms. The van der Waals surface area contributed by atoms with E-state index in [4.69, 9.17) is 0 Å². The van der Waals surface area contributed by atoms with E-state index in [2.05, 4.69) is 9.47 Å². The van der Waals surface area contributed by atoms with Gasteiger partial charge in [-0.05, 0) is 35.1 Å². The molecule has 0 aromatic heterocycles. The topological polar surface area (TPSA) is 52.6 Å². The number of carbonyl (C=O) groups excluding carboxylic acids is 2. The summed E-state index contributed by atoms with van der Waals surface area (Å²) in [5.74, 6) is -0.454. The molecule has 2 aromatic rings. The minimum atomic E-state index is -0.227. The molecule has 0 amide bonds. The molecular formula is C20H22O4. The predicted octanol–water partition coefficient (Wildman–Crippen LogP) is 2.90. The highest BCUT2D eigenvalue weighted by Crippen LogP contribution is 2.12. The first-order valence-corrected chi connectivity index (χ1v) is 7.90. The fourth-order valence-electron chi connectivity index (χ4n) is 2.41. The third kappa shape index (κ3) is 5.54. The van der Waals surface area contributed by atoms with Crippen molar-refractivity contribution in [2.24, 2.45) is 0 Å². The lowest BCUT2D eigenvalue weighted by Crippen LogP contribution is -2.04. The maximum absolute atomic E-state index is 11.2. The summed E-state index contributed by atoms with van der Waals surface area (Å²) in [6.45, 7) is 0. The molecular weight excluding hydrogens is 304 g/mol. The van der Waals surface area contributed by atoms with Gasteiger partial charge in [-0.3, -0.25) is 9.59 Å². The molecule has 0 aliphatic heterocycles. The summed E-state index contributed by atoms with van der Waals surface area (Å²) in [4.78, 5) is 22.5. The van der Waals surface area contributed by atoms with Crippen molar-refractivity contribution in [2.45, 2.75) is 25.7 Å². The lowest BCUT2D eigenvalue weighted by Gasteiger charge is -2.06. The molecule has 0 radical (unpaired) electrons. The Morgan fingerprint density at radius 3 is 1.21 bits per heavy atom. The van der Waals surface area contributed by atoms with E-state index in [1.165, 1.54) is 25.3 Å². The molecule has 0 N–H and O–H groups in total. The summed E-state index contributed by atoms with van der Waals surface area (Å²) in [7, 11) is 2.79. The normalized spacial score (nSPS) is 10.2. The van der Waals surface area contributed by atoms with Gasteiger partial charge in [0.25, 0.3) is 0 Å². The summed E-state index contributed by atoms with van der Waals surface area (Å²) in [5, 5.41) is 0. The Labute approximate surface area is 142 Å². The highest BCUT2D eigenvalue weighted by Gasteiger charge is 2.04. The van der Waals surface area contributed by atoms with Crippen LogP contribution in [0.4, 0.5) is 0 Å². The van der Waals surface area contributed by atoms with Gasteiger partial charge >= 0.3 is 11.9 Å². The SMILES string of the molecule is COC(=O)Cc1ccc(CCc2ccc(CC(=O)OC)cc2)cc1. The van der Waals surface area contributed by atoms with Crippen LogP contribution in [0, 0.1) is 0 Å². The zero-order chi connectivity index (χ0) is 17.4. The van der Waals surface area contributed by atoms with E-state index < -0.39 is 0 Å². The van der Waals surface area contributed by atoms with Crippen molar-refractivity contribution in [3.05, 3.63) is 70.8 Å². The van der Waals surface area contributed by atoms with Crippen molar-refractivity contribution in [1.82, 2.24) is 0 Å². The van der Waals surface area contributed by atoms with E-state index in [1.54, 1.807) is 0 Å². The van der Waals surface area contributed by atoms with Crippen LogP contribution in [-0.4, -0.2) is 26.2 Å². The molecule has 4 nitrogen and oxygen atoms in total. The van der Waals surface area contributed by atoms with Crippen LogP contribution >= 0.6 is 0 Å². The number of hydrogen-bond acceptors (Lipinski definition) is 4. The second kappa shape index (κ2) is 8.87. The van der Waals surface area contributed by atoms with Gasteiger partial charge in [0.1, 0.15) is 0 Å². The van der Waals surface area contributed by atoms with E-state index in [0.717, 1.165) is 24.0 Å². The van der Waals surface area contributed by atoms with Crippen molar-refractivity contribution in [1.29, 1.82) is 0 Å². The molecule has 0 atom stereocenters. The molecule has 0 aliphatic carbocycles. The number of aryl methyl sites for hydroxylation is 2. The van der Waals surface area contributed by atoms with Gasteiger partial charge in [0, 0.05) is 0 Å². The molecule has 2 aromatic carbocycles. The van der Waals surface area contributed by atoms with Gasteiger partial charge in [-0.1, -0.05) is 48.5 Å². The molecule has 0 saturated heterocycles. The van der Waals surface area contributed by atoms with Crippen LogP contribution in [-0.2, 0) is 44.7 Å². The first-order chi connectivity index (χ1) is 11.6. The van der Waals surface area contributed by atoms with Crippen molar-refractivity contribution < 1.29 is 19.1 Å². The molecule has 0 unspecified atom stereocenters. The second-order valence-corrected chi connectivity index (χ2v) is 5.64. The third-order valence-electron chi connectivity index (χ3n) is 3.90. The minimum absolute atomic E-state index is 0.227. The van der Waals surface area contributed by atoms with E-state index >= 15 is 0 Å². The first kappa shape index (κ1) is 17.7. The predicted molar refractivity (Wildman–Crippen MR) is 91.7 cm³/mol. The van der Waals surface area contributed by atoms with Crippen molar-refractivity contribution in [3.63, 3.8) is 0 Å². The number of esters is 2. The quantitative estimate of drug-likeness (QED) is 0.734. The van der Waals surface area contributed by atoms with Crippen LogP contribution in [0.2, 0.25) is 0 Å². The maximum atomic E-state index is 11.2. The lowest BCUT2D eigenvalue weighted by atomic mass is 10.0. The second-order valence-electron chi connectivity index (χ2n) is 5.64. The molecule has 0 bridgehead atoms. The fourth-order valence-corrected chi connectivity index (χ4v) is 2.41. The molecule has 126 valence electrons. The highest BCUT2D eigenvalue weighted by atomic mass is 16.5. The summed E-state index contributed by atoms with van der Waals surface area (Å²) < 4.78 is 9.33.